The summed E-state index contributed by atoms with van der Waals surface area (Å²) in [4.78, 5) is 0. The highest BCUT2D eigenvalue weighted by atomic mass is 19.1. The van der Waals surface area contributed by atoms with E-state index in [9.17, 15) is 4.39 Å². The Morgan fingerprint density at radius 3 is 2.92 bits per heavy atom. The van der Waals surface area contributed by atoms with Crippen LogP contribution in [0.5, 0.6) is 5.75 Å². The van der Waals surface area contributed by atoms with Crippen LogP contribution in [-0.4, -0.2) is 18.9 Å². The molecule has 0 aliphatic heterocycles. The lowest BCUT2D eigenvalue weighted by Crippen LogP contribution is -1.99. The van der Waals surface area contributed by atoms with E-state index in [1.54, 1.807) is 24.3 Å². The van der Waals surface area contributed by atoms with Crippen LogP contribution in [0.25, 0.3) is 0 Å². The highest BCUT2D eigenvalue weighted by Gasteiger charge is 2.06. The average molecular weight is 170 g/mol. The van der Waals surface area contributed by atoms with Crippen LogP contribution < -0.4 is 4.74 Å². The number of alkyl halides is 1. The number of hydrogen-bond acceptors (Lipinski definition) is 2. The fourth-order valence-electron chi connectivity index (χ4n) is 0.938. The van der Waals surface area contributed by atoms with Gasteiger partial charge in [-0.3, -0.25) is 0 Å². The van der Waals surface area contributed by atoms with Gasteiger partial charge in [0.1, 0.15) is 18.5 Å². The number of ether oxygens (including phenoxy) is 1. The van der Waals surface area contributed by atoms with Gasteiger partial charge in [0.2, 0.25) is 0 Å². The number of rotatable bonds is 3. The molecule has 1 N–H and O–H groups in total. The van der Waals surface area contributed by atoms with Gasteiger partial charge in [-0.25, -0.2) is 4.39 Å². The molecule has 1 aromatic carbocycles. The predicted octanol–water partition coefficient (Wildman–Crippen LogP) is 1.70. The molecule has 3 heteroatoms. The minimum atomic E-state index is -1.04. The van der Waals surface area contributed by atoms with Crippen LogP contribution in [-0.2, 0) is 0 Å². The van der Waals surface area contributed by atoms with Gasteiger partial charge in [0.05, 0.1) is 7.11 Å². The maximum absolute atomic E-state index is 12.0. The average Bonchev–Trinajstić information content (AvgIpc) is 2.17. The lowest BCUT2D eigenvalue weighted by Gasteiger charge is -2.07. The molecule has 0 radical (unpaired) electrons. The number of hydrogen-bond donors (Lipinski definition) is 1. The number of aliphatic hydroxyl groups excluding tert-OH is 1. The van der Waals surface area contributed by atoms with Crippen molar-refractivity contribution in [2.24, 2.45) is 0 Å². The number of aliphatic hydroxyl groups is 1. The minimum absolute atomic E-state index is 0.539. The van der Waals surface area contributed by atoms with Gasteiger partial charge in [-0.05, 0) is 17.7 Å². The van der Waals surface area contributed by atoms with E-state index in [1.165, 1.54) is 7.11 Å². The molecule has 1 unspecified atom stereocenters. The molecule has 0 aromatic heterocycles. The molecule has 0 fully saturated rings. The van der Waals surface area contributed by atoms with Crippen molar-refractivity contribution in [1.82, 2.24) is 0 Å². The van der Waals surface area contributed by atoms with Crippen molar-refractivity contribution >= 4 is 0 Å². The molecule has 0 saturated carbocycles. The highest BCUT2D eigenvalue weighted by Crippen LogP contribution is 2.18. The zero-order valence-electron chi connectivity index (χ0n) is 6.83. The maximum Gasteiger partial charge on any atom is 0.119 e. The standard InChI is InChI=1S/C9H11FO2/c1-12-8-4-2-3-7(5-8)9(11)6-10/h2-5,9,11H,6H2,1H3. The molecular weight excluding hydrogens is 159 g/mol. The van der Waals surface area contributed by atoms with E-state index < -0.39 is 12.8 Å². The molecule has 66 valence electrons. The summed E-state index contributed by atoms with van der Waals surface area (Å²) in [7, 11) is 1.53. The van der Waals surface area contributed by atoms with Crippen LogP contribution in [0.15, 0.2) is 24.3 Å². The van der Waals surface area contributed by atoms with Crippen LogP contribution >= 0.6 is 0 Å². The van der Waals surface area contributed by atoms with Crippen molar-refractivity contribution < 1.29 is 14.2 Å². The Balaban J connectivity index is 2.86. The van der Waals surface area contributed by atoms with Crippen LogP contribution in [0.2, 0.25) is 0 Å². The Bertz CT molecular complexity index is 250. The van der Waals surface area contributed by atoms with Crippen molar-refractivity contribution in [3.05, 3.63) is 29.8 Å². The summed E-state index contributed by atoms with van der Waals surface area (Å²) in [6.45, 7) is -0.771. The Morgan fingerprint density at radius 1 is 1.58 bits per heavy atom. The number of benzene rings is 1. The van der Waals surface area contributed by atoms with Crippen molar-refractivity contribution in [3.63, 3.8) is 0 Å². The summed E-state index contributed by atoms with van der Waals surface area (Å²) in [5, 5.41) is 9.12. The minimum Gasteiger partial charge on any atom is -0.497 e. The summed E-state index contributed by atoms with van der Waals surface area (Å²) < 4.78 is 16.9. The fourth-order valence-corrected chi connectivity index (χ4v) is 0.938. The van der Waals surface area contributed by atoms with E-state index in [-0.39, 0.29) is 0 Å². The first-order valence-corrected chi connectivity index (χ1v) is 3.66. The van der Waals surface area contributed by atoms with Crippen molar-refractivity contribution in [2.75, 3.05) is 13.8 Å². The first kappa shape index (κ1) is 9.00. The molecule has 0 saturated heterocycles. The topological polar surface area (TPSA) is 29.5 Å². The van der Waals surface area contributed by atoms with Gasteiger partial charge in [0, 0.05) is 0 Å². The summed E-state index contributed by atoms with van der Waals surface area (Å²) in [6, 6.07) is 6.73. The first-order valence-electron chi connectivity index (χ1n) is 3.66. The zero-order valence-corrected chi connectivity index (χ0v) is 6.83. The van der Waals surface area contributed by atoms with Gasteiger partial charge in [-0.2, -0.15) is 0 Å². The SMILES string of the molecule is COc1cccc(C(O)CF)c1. The summed E-state index contributed by atoms with van der Waals surface area (Å²) in [5.41, 5.74) is 0.539. The lowest BCUT2D eigenvalue weighted by atomic mass is 10.1. The third-order valence-corrected chi connectivity index (χ3v) is 1.62. The molecule has 0 aliphatic carbocycles. The third kappa shape index (κ3) is 1.95. The second-order valence-corrected chi connectivity index (χ2v) is 2.45. The van der Waals surface area contributed by atoms with E-state index in [0.29, 0.717) is 11.3 Å². The number of methoxy groups -OCH3 is 1. The highest BCUT2D eigenvalue weighted by molar-refractivity contribution is 5.29. The molecule has 2 nitrogen and oxygen atoms in total. The smallest absolute Gasteiger partial charge is 0.119 e. The monoisotopic (exact) mass is 170 g/mol. The number of halogens is 1. The second kappa shape index (κ2) is 4.07. The van der Waals surface area contributed by atoms with Crippen LogP contribution in [0.4, 0.5) is 4.39 Å². The Labute approximate surface area is 70.6 Å². The maximum atomic E-state index is 12.0. The van der Waals surface area contributed by atoms with Crippen LogP contribution in [0.3, 0.4) is 0 Å². The summed E-state index contributed by atoms with van der Waals surface area (Å²) in [6.07, 6.45) is -1.04. The Kier molecular flexibility index (Phi) is 3.05. The van der Waals surface area contributed by atoms with E-state index >= 15 is 0 Å². The molecule has 0 heterocycles. The Morgan fingerprint density at radius 2 is 2.33 bits per heavy atom. The molecule has 0 aliphatic rings. The van der Waals surface area contributed by atoms with E-state index in [0.717, 1.165) is 0 Å². The molecular formula is C9H11FO2. The van der Waals surface area contributed by atoms with Crippen molar-refractivity contribution in [3.8, 4) is 5.75 Å². The van der Waals surface area contributed by atoms with Gasteiger partial charge in [0.25, 0.3) is 0 Å². The lowest BCUT2D eigenvalue weighted by molar-refractivity contribution is 0.141. The third-order valence-electron chi connectivity index (χ3n) is 1.62. The zero-order chi connectivity index (χ0) is 8.97. The molecule has 1 atom stereocenters. The molecule has 12 heavy (non-hydrogen) atoms. The molecule has 1 rings (SSSR count). The van der Waals surface area contributed by atoms with Gasteiger partial charge >= 0.3 is 0 Å². The van der Waals surface area contributed by atoms with Gasteiger partial charge in [-0.1, -0.05) is 12.1 Å². The van der Waals surface area contributed by atoms with E-state index in [4.69, 9.17) is 9.84 Å². The van der Waals surface area contributed by atoms with Gasteiger partial charge < -0.3 is 9.84 Å². The van der Waals surface area contributed by atoms with Gasteiger partial charge in [0.15, 0.2) is 0 Å². The quantitative estimate of drug-likeness (QED) is 0.748. The molecule has 0 spiro atoms. The largest absolute Gasteiger partial charge is 0.497 e. The molecule has 1 aromatic rings. The van der Waals surface area contributed by atoms with E-state index in [1.807, 2.05) is 0 Å². The van der Waals surface area contributed by atoms with Crippen molar-refractivity contribution in [2.45, 2.75) is 6.10 Å². The van der Waals surface area contributed by atoms with Crippen LogP contribution in [0, 0.1) is 0 Å². The van der Waals surface area contributed by atoms with E-state index in [2.05, 4.69) is 0 Å². The van der Waals surface area contributed by atoms with Gasteiger partial charge in [-0.15, -0.1) is 0 Å². The summed E-state index contributed by atoms with van der Waals surface area (Å²) in [5.74, 6) is 0.625. The van der Waals surface area contributed by atoms with Crippen LogP contribution in [0.1, 0.15) is 11.7 Å². The Hall–Kier alpha value is -1.09. The fraction of sp³-hybridized carbons (Fsp3) is 0.333. The molecule has 0 bridgehead atoms. The molecule has 0 amide bonds. The van der Waals surface area contributed by atoms with Crippen molar-refractivity contribution in [1.29, 1.82) is 0 Å². The first-order chi connectivity index (χ1) is 5.77. The summed E-state index contributed by atoms with van der Waals surface area (Å²) >= 11 is 0. The normalized spacial score (nSPS) is 12.6. The second-order valence-electron chi connectivity index (χ2n) is 2.45. The predicted molar refractivity (Wildman–Crippen MR) is 43.9 cm³/mol.